The van der Waals surface area contributed by atoms with E-state index in [1.165, 1.54) is 16.7 Å². The topological polar surface area (TPSA) is 73.2 Å². The molecule has 34 heavy (non-hydrogen) atoms. The van der Waals surface area contributed by atoms with Gasteiger partial charge in [0.25, 0.3) is 5.91 Å². The number of nitrogens with one attached hydrogen (secondary N) is 1. The summed E-state index contributed by atoms with van der Waals surface area (Å²) < 4.78 is 0.871. The smallest absolute Gasteiger partial charge is 0.269 e. The van der Waals surface area contributed by atoms with Crippen LogP contribution in [0.5, 0.6) is 0 Å². The Morgan fingerprint density at radius 2 is 1.74 bits per heavy atom. The zero-order valence-corrected chi connectivity index (χ0v) is 21.1. The number of nitrogens with zero attached hydrogens (tertiary/aromatic N) is 2. The largest absolute Gasteiger partial charge is 0.321 e. The molecule has 0 radical (unpaired) electrons. The van der Waals surface area contributed by atoms with Crippen molar-refractivity contribution in [3.63, 3.8) is 0 Å². The highest BCUT2D eigenvalue weighted by Crippen LogP contribution is 2.42. The molecule has 1 aliphatic heterocycles. The molecule has 0 aromatic heterocycles. The van der Waals surface area contributed by atoms with Gasteiger partial charge in [-0.3, -0.25) is 14.5 Å². The Hall–Kier alpha value is -3.34. The Bertz CT molecular complexity index is 1310. The lowest BCUT2D eigenvalue weighted by molar-refractivity contribution is -0.117. The molecule has 0 aliphatic carbocycles. The molecule has 1 aliphatic rings. The maximum Gasteiger partial charge on any atom is 0.269 e. The summed E-state index contributed by atoms with van der Waals surface area (Å²) in [5.74, 6) is -0.693. The van der Waals surface area contributed by atoms with Crippen LogP contribution in [-0.4, -0.2) is 17.1 Å². The van der Waals surface area contributed by atoms with Crippen LogP contribution in [0.25, 0.3) is 0 Å². The zero-order valence-electron chi connectivity index (χ0n) is 18.7. The molecule has 2 amide bonds. The van der Waals surface area contributed by atoms with Crippen molar-refractivity contribution in [2.75, 3.05) is 10.2 Å². The molecule has 170 valence electrons. The van der Waals surface area contributed by atoms with E-state index in [9.17, 15) is 14.9 Å². The van der Waals surface area contributed by atoms with Crippen molar-refractivity contribution >= 4 is 50.9 Å². The number of carbonyl (C=O) groups is 2. The van der Waals surface area contributed by atoms with E-state index in [0.29, 0.717) is 22.8 Å². The van der Waals surface area contributed by atoms with Crippen molar-refractivity contribution in [1.82, 2.24) is 0 Å². The van der Waals surface area contributed by atoms with Crippen LogP contribution in [0.15, 0.2) is 87.9 Å². The van der Waals surface area contributed by atoms with Crippen molar-refractivity contribution in [1.29, 1.82) is 5.26 Å². The van der Waals surface area contributed by atoms with Gasteiger partial charge in [0.15, 0.2) is 0 Å². The Kier molecular flexibility index (Phi) is 7.20. The molecule has 1 fully saturated rings. The van der Waals surface area contributed by atoms with Gasteiger partial charge in [0, 0.05) is 15.8 Å². The molecule has 0 saturated carbocycles. The van der Waals surface area contributed by atoms with Gasteiger partial charge in [0.2, 0.25) is 5.91 Å². The van der Waals surface area contributed by atoms with E-state index >= 15 is 0 Å². The van der Waals surface area contributed by atoms with Crippen LogP contribution in [0.3, 0.4) is 0 Å². The third kappa shape index (κ3) is 5.09. The van der Waals surface area contributed by atoms with E-state index in [1.807, 2.05) is 68.4 Å². The molecule has 7 heteroatoms. The van der Waals surface area contributed by atoms with Crippen molar-refractivity contribution in [2.45, 2.75) is 25.5 Å². The summed E-state index contributed by atoms with van der Waals surface area (Å²) in [5.41, 5.74) is 4.33. The second-order valence-corrected chi connectivity index (χ2v) is 10.1. The van der Waals surface area contributed by atoms with Crippen LogP contribution in [-0.2, 0) is 16.0 Å². The molecule has 3 aromatic carbocycles. The number of thioether (sulfide) groups is 1. The van der Waals surface area contributed by atoms with Crippen LogP contribution < -0.4 is 10.2 Å². The van der Waals surface area contributed by atoms with Crippen molar-refractivity contribution in [2.24, 2.45) is 0 Å². The lowest BCUT2D eigenvalue weighted by atomic mass is 10.0. The van der Waals surface area contributed by atoms with Crippen molar-refractivity contribution in [3.8, 4) is 6.07 Å². The van der Waals surface area contributed by atoms with Gasteiger partial charge in [0.05, 0.1) is 5.25 Å². The average Bonchev–Trinajstić information content (AvgIpc) is 3.13. The molecule has 4 rings (SSSR count). The van der Waals surface area contributed by atoms with Gasteiger partial charge in [-0.2, -0.15) is 5.26 Å². The highest BCUT2D eigenvalue weighted by molar-refractivity contribution is 9.10. The predicted octanol–water partition coefficient (Wildman–Crippen LogP) is 6.13. The molecule has 1 N–H and O–H groups in total. The normalized spacial score (nSPS) is 16.8. The third-order valence-corrected chi connectivity index (χ3v) is 7.36. The molecular formula is C27H22BrN3O2S. The molecule has 0 bridgehead atoms. The molecule has 3 aromatic rings. The number of hydrogen-bond donors (Lipinski definition) is 1. The fourth-order valence-corrected chi connectivity index (χ4v) is 5.24. The fourth-order valence-electron chi connectivity index (χ4n) is 3.68. The van der Waals surface area contributed by atoms with Crippen LogP contribution in [0.1, 0.15) is 16.7 Å². The van der Waals surface area contributed by atoms with E-state index in [-0.39, 0.29) is 11.5 Å². The van der Waals surface area contributed by atoms with Gasteiger partial charge in [-0.15, -0.1) is 0 Å². The zero-order chi connectivity index (χ0) is 24.2. The lowest BCUT2D eigenvalue weighted by Crippen LogP contribution is -2.31. The second-order valence-electron chi connectivity index (χ2n) is 8.00. The van der Waals surface area contributed by atoms with E-state index in [2.05, 4.69) is 21.2 Å². The summed E-state index contributed by atoms with van der Waals surface area (Å²) in [5, 5.41) is 12.7. The van der Waals surface area contributed by atoms with Crippen molar-refractivity contribution in [3.05, 3.63) is 105 Å². The summed E-state index contributed by atoms with van der Waals surface area (Å²) in [6, 6.07) is 24.6. The maximum absolute atomic E-state index is 13.6. The molecular weight excluding hydrogens is 510 g/mol. The summed E-state index contributed by atoms with van der Waals surface area (Å²) in [6.07, 6.45) is 0.505. The highest BCUT2D eigenvalue weighted by Gasteiger charge is 2.41. The average molecular weight is 532 g/mol. The first kappa shape index (κ1) is 23.8. The van der Waals surface area contributed by atoms with Gasteiger partial charge in [0.1, 0.15) is 16.7 Å². The number of aryl methyl sites for hydroxylation is 2. The second kappa shape index (κ2) is 10.3. The lowest BCUT2D eigenvalue weighted by Gasteiger charge is -2.19. The molecule has 0 unspecified atom stereocenters. The van der Waals surface area contributed by atoms with Crippen molar-refractivity contribution < 1.29 is 9.59 Å². The summed E-state index contributed by atoms with van der Waals surface area (Å²) in [4.78, 5) is 28.2. The SMILES string of the molecule is Cc1ccc(NC(=O)/C(C#N)=C2\S[C@@H](Cc3ccccc3C)C(=O)N2c2ccc(Br)cc2)cc1. The number of rotatable bonds is 5. The summed E-state index contributed by atoms with van der Waals surface area (Å²) in [6.45, 7) is 3.97. The maximum atomic E-state index is 13.6. The minimum atomic E-state index is -0.541. The third-order valence-electron chi connectivity index (χ3n) is 5.57. The van der Waals surface area contributed by atoms with Crippen LogP contribution in [0.2, 0.25) is 0 Å². The number of carbonyl (C=O) groups excluding carboxylic acids is 2. The Morgan fingerprint density at radius 1 is 1.06 bits per heavy atom. The number of anilines is 2. The van der Waals surface area contributed by atoms with E-state index in [1.54, 1.807) is 24.3 Å². The van der Waals surface area contributed by atoms with E-state index in [4.69, 9.17) is 0 Å². The summed E-state index contributed by atoms with van der Waals surface area (Å²) >= 11 is 4.68. The minimum Gasteiger partial charge on any atom is -0.321 e. The Labute approximate surface area is 211 Å². The van der Waals surface area contributed by atoms with E-state index in [0.717, 1.165) is 21.2 Å². The van der Waals surface area contributed by atoms with E-state index < -0.39 is 11.2 Å². The first-order valence-corrected chi connectivity index (χ1v) is 12.4. The Balaban J connectivity index is 1.73. The quantitative estimate of drug-likeness (QED) is 0.317. The van der Waals surface area contributed by atoms with Gasteiger partial charge >= 0.3 is 0 Å². The predicted molar refractivity (Wildman–Crippen MR) is 140 cm³/mol. The molecule has 1 heterocycles. The fraction of sp³-hybridized carbons (Fsp3) is 0.148. The molecule has 1 saturated heterocycles. The molecule has 1 atom stereocenters. The minimum absolute atomic E-state index is 0.0888. The number of amides is 2. The molecule has 5 nitrogen and oxygen atoms in total. The summed E-state index contributed by atoms with van der Waals surface area (Å²) in [7, 11) is 0. The number of nitriles is 1. The van der Waals surface area contributed by atoms with Gasteiger partial charge in [-0.25, -0.2) is 0 Å². The van der Waals surface area contributed by atoms with Gasteiger partial charge in [-0.1, -0.05) is 69.7 Å². The first-order valence-electron chi connectivity index (χ1n) is 10.7. The number of hydrogen-bond acceptors (Lipinski definition) is 4. The van der Waals surface area contributed by atoms with Crippen LogP contribution in [0, 0.1) is 25.2 Å². The number of halogens is 1. The van der Waals surface area contributed by atoms with Crippen LogP contribution in [0.4, 0.5) is 11.4 Å². The van der Waals surface area contributed by atoms with Gasteiger partial charge < -0.3 is 5.32 Å². The standard InChI is InChI=1S/C27H22BrN3O2S/c1-17-7-11-21(12-8-17)30-25(32)23(16-29)27-31(22-13-9-20(28)10-14-22)26(33)24(34-27)15-19-6-4-3-5-18(19)2/h3-14,24H,15H2,1-2H3,(H,30,32)/b27-23-/t24-/m0/s1. The first-order chi connectivity index (χ1) is 16.4. The highest BCUT2D eigenvalue weighted by atomic mass is 79.9. The Morgan fingerprint density at radius 3 is 2.38 bits per heavy atom. The number of benzene rings is 3. The van der Waals surface area contributed by atoms with Crippen LogP contribution >= 0.6 is 27.7 Å². The monoisotopic (exact) mass is 531 g/mol. The molecule has 0 spiro atoms. The van der Waals surface area contributed by atoms with Gasteiger partial charge in [-0.05, 0) is 67.8 Å².